The Bertz CT molecular complexity index is 507. The van der Waals surface area contributed by atoms with Gasteiger partial charge >= 0.3 is 0 Å². The van der Waals surface area contributed by atoms with Gasteiger partial charge in [0, 0.05) is 31.6 Å². The van der Waals surface area contributed by atoms with Gasteiger partial charge in [0.1, 0.15) is 0 Å². The number of aryl methyl sites for hydroxylation is 1. The molecule has 0 unspecified atom stereocenters. The number of amides is 2. The fourth-order valence-electron chi connectivity index (χ4n) is 2.99. The second-order valence-corrected chi connectivity index (χ2v) is 5.78. The third-order valence-electron chi connectivity index (χ3n) is 4.09. The number of hydrogen-bond donors (Lipinski definition) is 1. The number of nitrogens with zero attached hydrogens (tertiary/aromatic N) is 1. The molecular weight excluding hydrogens is 264 g/mol. The van der Waals surface area contributed by atoms with E-state index in [2.05, 4.69) is 5.32 Å². The molecule has 1 aromatic rings. The van der Waals surface area contributed by atoms with Crippen molar-refractivity contribution in [3.63, 3.8) is 0 Å². The van der Waals surface area contributed by atoms with Crippen LogP contribution >= 0.6 is 0 Å². The van der Waals surface area contributed by atoms with Gasteiger partial charge in [-0.3, -0.25) is 9.59 Å². The van der Waals surface area contributed by atoms with Crippen LogP contribution in [0.4, 0.5) is 0 Å². The zero-order chi connectivity index (χ0) is 15.2. The van der Waals surface area contributed by atoms with Gasteiger partial charge in [-0.05, 0) is 31.9 Å². The molecule has 114 valence electrons. The molecule has 0 heterocycles. The van der Waals surface area contributed by atoms with Crippen molar-refractivity contribution in [2.75, 3.05) is 13.1 Å². The Morgan fingerprint density at radius 3 is 2.62 bits per heavy atom. The molecule has 4 nitrogen and oxygen atoms in total. The summed E-state index contributed by atoms with van der Waals surface area (Å²) in [5.74, 6) is 0.0281. The maximum absolute atomic E-state index is 12.1. The van der Waals surface area contributed by atoms with E-state index >= 15 is 0 Å². The summed E-state index contributed by atoms with van der Waals surface area (Å²) in [4.78, 5) is 25.7. The molecule has 0 spiro atoms. The summed E-state index contributed by atoms with van der Waals surface area (Å²) >= 11 is 0. The SMILES string of the molecule is CC(=O)N(CCNC(=O)c1cccc(C)c1)C1CCCC1. The Morgan fingerprint density at radius 2 is 2.00 bits per heavy atom. The van der Waals surface area contributed by atoms with Crippen LogP contribution in [0.5, 0.6) is 0 Å². The molecule has 2 amide bonds. The minimum absolute atomic E-state index is 0.0753. The summed E-state index contributed by atoms with van der Waals surface area (Å²) in [6.45, 7) is 4.68. The van der Waals surface area contributed by atoms with Gasteiger partial charge < -0.3 is 10.2 Å². The van der Waals surface area contributed by atoms with Crippen molar-refractivity contribution in [2.24, 2.45) is 0 Å². The Kier molecular flexibility index (Phi) is 5.37. The van der Waals surface area contributed by atoms with Crippen molar-refractivity contribution < 1.29 is 9.59 Å². The molecule has 0 radical (unpaired) electrons. The maximum atomic E-state index is 12.1. The summed E-state index contributed by atoms with van der Waals surface area (Å²) in [5.41, 5.74) is 1.74. The van der Waals surface area contributed by atoms with Gasteiger partial charge in [-0.2, -0.15) is 0 Å². The first-order valence-electron chi connectivity index (χ1n) is 7.70. The molecule has 1 aliphatic rings. The van der Waals surface area contributed by atoms with Crippen molar-refractivity contribution in [3.8, 4) is 0 Å². The third kappa shape index (κ3) is 4.31. The van der Waals surface area contributed by atoms with E-state index in [-0.39, 0.29) is 11.8 Å². The molecule has 0 bridgehead atoms. The van der Waals surface area contributed by atoms with Crippen molar-refractivity contribution in [3.05, 3.63) is 35.4 Å². The van der Waals surface area contributed by atoms with Gasteiger partial charge in [-0.1, -0.05) is 30.5 Å². The summed E-state index contributed by atoms with van der Waals surface area (Å²) in [7, 11) is 0. The minimum atomic E-state index is -0.0753. The maximum Gasteiger partial charge on any atom is 0.251 e. The second-order valence-electron chi connectivity index (χ2n) is 5.78. The zero-order valence-corrected chi connectivity index (χ0v) is 12.9. The summed E-state index contributed by atoms with van der Waals surface area (Å²) in [6.07, 6.45) is 4.57. The van der Waals surface area contributed by atoms with Gasteiger partial charge in [0.25, 0.3) is 5.91 Å². The van der Waals surface area contributed by atoms with E-state index in [4.69, 9.17) is 0 Å². The van der Waals surface area contributed by atoms with Crippen molar-refractivity contribution >= 4 is 11.8 Å². The lowest BCUT2D eigenvalue weighted by atomic mass is 10.1. The molecule has 2 rings (SSSR count). The Morgan fingerprint density at radius 1 is 1.29 bits per heavy atom. The lowest BCUT2D eigenvalue weighted by Gasteiger charge is -2.27. The third-order valence-corrected chi connectivity index (χ3v) is 4.09. The van der Waals surface area contributed by atoms with Crippen LogP contribution in [-0.4, -0.2) is 35.8 Å². The van der Waals surface area contributed by atoms with Crippen LogP contribution in [-0.2, 0) is 4.79 Å². The first kappa shape index (κ1) is 15.5. The highest BCUT2D eigenvalue weighted by Gasteiger charge is 2.24. The highest BCUT2D eigenvalue weighted by Crippen LogP contribution is 2.23. The number of benzene rings is 1. The Labute approximate surface area is 126 Å². The van der Waals surface area contributed by atoms with Gasteiger partial charge in [0.15, 0.2) is 0 Å². The number of nitrogens with one attached hydrogen (secondary N) is 1. The number of rotatable bonds is 5. The number of carbonyl (C=O) groups excluding carboxylic acids is 2. The predicted molar refractivity (Wildman–Crippen MR) is 83.2 cm³/mol. The molecule has 0 atom stereocenters. The summed E-state index contributed by atoms with van der Waals surface area (Å²) in [6, 6.07) is 7.88. The molecule has 1 fully saturated rings. The molecule has 0 aromatic heterocycles. The first-order chi connectivity index (χ1) is 10.1. The highest BCUT2D eigenvalue weighted by molar-refractivity contribution is 5.94. The molecule has 1 N–H and O–H groups in total. The smallest absolute Gasteiger partial charge is 0.251 e. The fraction of sp³-hybridized carbons (Fsp3) is 0.529. The van der Waals surface area contributed by atoms with E-state index in [1.165, 1.54) is 12.8 Å². The van der Waals surface area contributed by atoms with E-state index < -0.39 is 0 Å². The van der Waals surface area contributed by atoms with Gasteiger partial charge in [-0.15, -0.1) is 0 Å². The quantitative estimate of drug-likeness (QED) is 0.905. The summed E-state index contributed by atoms with van der Waals surface area (Å²) < 4.78 is 0. The van der Waals surface area contributed by atoms with E-state index in [0.717, 1.165) is 18.4 Å². The van der Waals surface area contributed by atoms with E-state index in [0.29, 0.717) is 24.7 Å². The normalized spacial score (nSPS) is 15.0. The lowest BCUT2D eigenvalue weighted by molar-refractivity contribution is -0.130. The first-order valence-corrected chi connectivity index (χ1v) is 7.70. The Hall–Kier alpha value is -1.84. The van der Waals surface area contributed by atoms with Crippen molar-refractivity contribution in [1.29, 1.82) is 0 Å². The van der Waals surface area contributed by atoms with E-state index in [1.807, 2.05) is 36.1 Å². The van der Waals surface area contributed by atoms with Crippen LogP contribution < -0.4 is 5.32 Å². The highest BCUT2D eigenvalue weighted by atomic mass is 16.2. The fourth-order valence-corrected chi connectivity index (χ4v) is 2.99. The standard InChI is InChI=1S/C17H24N2O2/c1-13-6-5-7-15(12-13)17(21)18-10-11-19(14(2)20)16-8-3-4-9-16/h5-7,12,16H,3-4,8-11H2,1-2H3,(H,18,21). The van der Waals surface area contributed by atoms with Crippen molar-refractivity contribution in [2.45, 2.75) is 45.6 Å². The van der Waals surface area contributed by atoms with Crippen LogP contribution in [0.15, 0.2) is 24.3 Å². The average Bonchev–Trinajstić information content (AvgIpc) is 2.96. The molecule has 0 aliphatic heterocycles. The number of carbonyl (C=O) groups is 2. The summed E-state index contributed by atoms with van der Waals surface area (Å²) in [5, 5.41) is 2.90. The van der Waals surface area contributed by atoms with Gasteiger partial charge in [0.05, 0.1) is 0 Å². The van der Waals surface area contributed by atoms with Crippen LogP contribution in [0.3, 0.4) is 0 Å². The average molecular weight is 288 g/mol. The van der Waals surface area contributed by atoms with Crippen LogP contribution in [0, 0.1) is 6.92 Å². The zero-order valence-electron chi connectivity index (χ0n) is 12.9. The molecular formula is C17H24N2O2. The van der Waals surface area contributed by atoms with E-state index in [9.17, 15) is 9.59 Å². The minimum Gasteiger partial charge on any atom is -0.350 e. The van der Waals surface area contributed by atoms with Gasteiger partial charge in [-0.25, -0.2) is 0 Å². The topological polar surface area (TPSA) is 49.4 Å². The largest absolute Gasteiger partial charge is 0.350 e. The van der Waals surface area contributed by atoms with E-state index in [1.54, 1.807) is 6.92 Å². The molecule has 21 heavy (non-hydrogen) atoms. The van der Waals surface area contributed by atoms with Crippen LogP contribution in [0.2, 0.25) is 0 Å². The van der Waals surface area contributed by atoms with Gasteiger partial charge in [0.2, 0.25) is 5.91 Å². The Balaban J connectivity index is 1.84. The molecule has 1 aliphatic carbocycles. The monoisotopic (exact) mass is 288 g/mol. The predicted octanol–water partition coefficient (Wildman–Crippen LogP) is 2.52. The molecule has 1 saturated carbocycles. The lowest BCUT2D eigenvalue weighted by Crippen LogP contribution is -2.42. The number of hydrogen-bond acceptors (Lipinski definition) is 2. The van der Waals surface area contributed by atoms with Crippen LogP contribution in [0.1, 0.15) is 48.5 Å². The van der Waals surface area contributed by atoms with Crippen LogP contribution in [0.25, 0.3) is 0 Å². The molecule has 1 aromatic carbocycles. The second kappa shape index (κ2) is 7.25. The van der Waals surface area contributed by atoms with Crippen molar-refractivity contribution in [1.82, 2.24) is 10.2 Å². The molecule has 4 heteroatoms. The molecule has 0 saturated heterocycles.